The number of halogens is 1. The van der Waals surface area contributed by atoms with Gasteiger partial charge in [0.25, 0.3) is 0 Å². The molecule has 0 fully saturated rings. The predicted molar refractivity (Wildman–Crippen MR) is 155 cm³/mol. The fourth-order valence-corrected chi connectivity index (χ4v) is 4.72. The molecular formula is C30H33FN4O5S. The Balaban J connectivity index is 1.67. The lowest BCUT2D eigenvalue weighted by Crippen LogP contribution is -2.46. The average Bonchev–Trinajstić information content (AvgIpc) is 3.41. The standard InChI is InChI=1S/C30H33FN4O5S/c1-4-14-34(18-27(36)39-19-21-8-6-5-7-9-21)30(38)35(16-20(2)3)17-23-11-13-26(41-23)29(37)40-25-12-10-22(28(32)33)15-24(25)31/h4-13,15,20H,1,14,16-19H2,2-3H3,(H3,32,33). The molecule has 0 atom stereocenters. The Labute approximate surface area is 242 Å². The minimum Gasteiger partial charge on any atom is -0.459 e. The minimum atomic E-state index is -0.818. The summed E-state index contributed by atoms with van der Waals surface area (Å²) in [5, 5.41) is 7.39. The molecule has 3 N–H and O–H groups in total. The van der Waals surface area contributed by atoms with Gasteiger partial charge in [-0.25, -0.2) is 14.0 Å². The third-order valence-electron chi connectivity index (χ3n) is 5.69. The SMILES string of the molecule is C=CCN(CC(=O)OCc1ccccc1)C(=O)N(Cc1ccc(C(=O)Oc2ccc(C(=N)N)cc2F)s1)CC(C)C. The van der Waals surface area contributed by atoms with Crippen molar-refractivity contribution in [3.8, 4) is 5.75 Å². The summed E-state index contributed by atoms with van der Waals surface area (Å²) < 4.78 is 24.9. The average molecular weight is 581 g/mol. The van der Waals surface area contributed by atoms with Crippen molar-refractivity contribution in [2.24, 2.45) is 11.7 Å². The van der Waals surface area contributed by atoms with Crippen LogP contribution in [0.1, 0.15) is 39.5 Å². The molecule has 3 rings (SSSR count). The molecular weight excluding hydrogens is 547 g/mol. The van der Waals surface area contributed by atoms with Crippen molar-refractivity contribution in [1.82, 2.24) is 9.80 Å². The molecule has 0 saturated heterocycles. The van der Waals surface area contributed by atoms with Crippen molar-refractivity contribution in [2.75, 3.05) is 19.6 Å². The molecule has 0 aliphatic heterocycles. The maximum atomic E-state index is 14.3. The number of carbonyl (C=O) groups is 3. The molecule has 2 amide bonds. The van der Waals surface area contributed by atoms with Crippen molar-refractivity contribution in [1.29, 1.82) is 5.41 Å². The summed E-state index contributed by atoms with van der Waals surface area (Å²) in [6.07, 6.45) is 1.54. The summed E-state index contributed by atoms with van der Waals surface area (Å²) in [5.41, 5.74) is 6.38. The van der Waals surface area contributed by atoms with Gasteiger partial charge in [0.05, 0.1) is 6.54 Å². The van der Waals surface area contributed by atoms with Gasteiger partial charge in [-0.3, -0.25) is 10.2 Å². The van der Waals surface area contributed by atoms with Crippen LogP contribution in [0.3, 0.4) is 0 Å². The second kappa shape index (κ2) is 14.8. The maximum Gasteiger partial charge on any atom is 0.353 e. The van der Waals surface area contributed by atoms with E-state index in [4.69, 9.17) is 20.6 Å². The topological polar surface area (TPSA) is 126 Å². The summed E-state index contributed by atoms with van der Waals surface area (Å²) in [5.74, 6) is -2.59. The van der Waals surface area contributed by atoms with Crippen molar-refractivity contribution in [3.05, 3.63) is 100 Å². The molecule has 3 aromatic rings. The van der Waals surface area contributed by atoms with Crippen LogP contribution in [-0.2, 0) is 22.7 Å². The van der Waals surface area contributed by atoms with Gasteiger partial charge in [0, 0.05) is 23.5 Å². The van der Waals surface area contributed by atoms with Crippen LogP contribution >= 0.6 is 11.3 Å². The number of nitrogens with one attached hydrogen (secondary N) is 1. The number of amidine groups is 1. The van der Waals surface area contributed by atoms with Crippen LogP contribution < -0.4 is 10.5 Å². The van der Waals surface area contributed by atoms with Crippen LogP contribution in [0.25, 0.3) is 0 Å². The minimum absolute atomic E-state index is 0.102. The highest BCUT2D eigenvalue weighted by atomic mass is 32.1. The maximum absolute atomic E-state index is 14.3. The van der Waals surface area contributed by atoms with E-state index in [1.165, 1.54) is 23.1 Å². The molecule has 1 aromatic heterocycles. The highest BCUT2D eigenvalue weighted by Crippen LogP contribution is 2.24. The van der Waals surface area contributed by atoms with Gasteiger partial charge >= 0.3 is 18.0 Å². The van der Waals surface area contributed by atoms with Gasteiger partial charge in [-0.2, -0.15) is 0 Å². The molecule has 0 radical (unpaired) electrons. The molecule has 0 bridgehead atoms. The first-order valence-electron chi connectivity index (χ1n) is 12.9. The number of carbonyl (C=O) groups excluding carboxylic acids is 3. The van der Waals surface area contributed by atoms with Crippen LogP contribution in [0.5, 0.6) is 5.75 Å². The lowest BCUT2D eigenvalue weighted by molar-refractivity contribution is -0.145. The number of thiophene rings is 1. The predicted octanol–water partition coefficient (Wildman–Crippen LogP) is 5.20. The van der Waals surface area contributed by atoms with Gasteiger partial charge in [-0.15, -0.1) is 17.9 Å². The van der Waals surface area contributed by atoms with E-state index in [2.05, 4.69) is 6.58 Å². The summed E-state index contributed by atoms with van der Waals surface area (Å²) in [7, 11) is 0. The molecule has 1 heterocycles. The summed E-state index contributed by atoms with van der Waals surface area (Å²) in [6, 6.07) is 15.8. The first-order valence-corrected chi connectivity index (χ1v) is 13.7. The Morgan fingerprint density at radius 3 is 2.46 bits per heavy atom. The molecule has 0 aliphatic carbocycles. The number of amides is 2. The number of hydrogen-bond donors (Lipinski definition) is 2. The normalized spacial score (nSPS) is 10.6. The van der Waals surface area contributed by atoms with E-state index in [1.54, 1.807) is 17.0 Å². The zero-order valence-corrected chi connectivity index (χ0v) is 23.8. The molecule has 9 nitrogen and oxygen atoms in total. The first-order chi connectivity index (χ1) is 19.6. The number of nitrogens with zero attached hydrogens (tertiary/aromatic N) is 2. The fraction of sp³-hybridized carbons (Fsp3) is 0.267. The van der Waals surface area contributed by atoms with Crippen molar-refractivity contribution >= 4 is 35.1 Å². The molecule has 2 aromatic carbocycles. The second-order valence-corrected chi connectivity index (χ2v) is 10.8. The van der Waals surface area contributed by atoms with Gasteiger partial charge in [0.1, 0.15) is 23.9 Å². The Hall–Kier alpha value is -4.51. The lowest BCUT2D eigenvalue weighted by atomic mass is 10.2. The number of nitrogen functional groups attached to an aromatic ring is 1. The zero-order chi connectivity index (χ0) is 29.9. The van der Waals surface area contributed by atoms with Crippen LogP contribution in [-0.4, -0.2) is 53.2 Å². The lowest BCUT2D eigenvalue weighted by Gasteiger charge is -2.30. The Morgan fingerprint density at radius 1 is 1.10 bits per heavy atom. The number of urea groups is 1. The fourth-order valence-electron chi connectivity index (χ4n) is 3.82. The quantitative estimate of drug-likeness (QED) is 0.0941. The molecule has 0 unspecified atom stereocenters. The van der Waals surface area contributed by atoms with Crippen LogP contribution in [0.2, 0.25) is 0 Å². The Kier molecular flexibility index (Phi) is 11.2. The summed E-state index contributed by atoms with van der Waals surface area (Å²) in [4.78, 5) is 42.6. The first kappa shape index (κ1) is 31.0. The van der Waals surface area contributed by atoms with Gasteiger partial charge < -0.3 is 25.0 Å². The van der Waals surface area contributed by atoms with Gasteiger partial charge in [-0.1, -0.05) is 50.3 Å². The molecule has 0 spiro atoms. The second-order valence-electron chi connectivity index (χ2n) is 9.59. The van der Waals surface area contributed by atoms with Crippen LogP contribution in [0.15, 0.2) is 73.3 Å². The van der Waals surface area contributed by atoms with E-state index in [0.29, 0.717) is 11.4 Å². The van der Waals surface area contributed by atoms with E-state index < -0.39 is 17.8 Å². The van der Waals surface area contributed by atoms with Crippen LogP contribution in [0, 0.1) is 17.1 Å². The van der Waals surface area contributed by atoms with Crippen molar-refractivity contribution in [2.45, 2.75) is 27.0 Å². The van der Waals surface area contributed by atoms with E-state index in [9.17, 15) is 18.8 Å². The van der Waals surface area contributed by atoms with Gasteiger partial charge in [-0.05, 0) is 41.8 Å². The molecule has 0 aliphatic rings. The molecule has 216 valence electrons. The van der Waals surface area contributed by atoms with Gasteiger partial charge in [0.15, 0.2) is 11.6 Å². The summed E-state index contributed by atoms with van der Waals surface area (Å²) in [6.45, 7) is 8.22. The number of rotatable bonds is 13. The van der Waals surface area contributed by atoms with Gasteiger partial charge in [0.2, 0.25) is 0 Å². The number of nitrogens with two attached hydrogens (primary N) is 1. The Bertz CT molecular complexity index is 1390. The summed E-state index contributed by atoms with van der Waals surface area (Å²) >= 11 is 1.12. The molecule has 11 heteroatoms. The zero-order valence-electron chi connectivity index (χ0n) is 23.0. The third-order valence-corrected chi connectivity index (χ3v) is 6.74. The number of esters is 2. The monoisotopic (exact) mass is 580 g/mol. The largest absolute Gasteiger partial charge is 0.459 e. The molecule has 41 heavy (non-hydrogen) atoms. The van der Waals surface area contributed by atoms with Crippen molar-refractivity contribution < 1.29 is 28.2 Å². The highest BCUT2D eigenvalue weighted by Gasteiger charge is 2.25. The van der Waals surface area contributed by atoms with E-state index in [1.807, 2.05) is 44.2 Å². The van der Waals surface area contributed by atoms with E-state index in [0.717, 1.165) is 23.0 Å². The number of ether oxygens (including phenoxy) is 2. The number of benzene rings is 2. The van der Waals surface area contributed by atoms with Crippen molar-refractivity contribution in [3.63, 3.8) is 0 Å². The number of hydrogen-bond acceptors (Lipinski definition) is 7. The smallest absolute Gasteiger partial charge is 0.353 e. The third kappa shape index (κ3) is 9.28. The molecule has 0 saturated carbocycles. The Morgan fingerprint density at radius 2 is 1.83 bits per heavy atom. The van der Waals surface area contributed by atoms with Crippen LogP contribution in [0.4, 0.5) is 9.18 Å². The van der Waals surface area contributed by atoms with E-state index >= 15 is 0 Å². The highest BCUT2D eigenvalue weighted by molar-refractivity contribution is 7.13. The van der Waals surface area contributed by atoms with E-state index in [-0.39, 0.29) is 60.2 Å².